The van der Waals surface area contributed by atoms with Gasteiger partial charge in [-0.3, -0.25) is 4.79 Å². The normalized spacial score (nSPS) is 9.73. The summed E-state index contributed by atoms with van der Waals surface area (Å²) in [7, 11) is 0. The van der Waals surface area contributed by atoms with E-state index in [-0.39, 0.29) is 0 Å². The Bertz CT molecular complexity index is 120. The molecule has 1 amide bonds. The average molecular weight is 219 g/mol. The highest BCUT2D eigenvalue weighted by atomic mass is 35.5. The van der Waals surface area contributed by atoms with Crippen LogP contribution in [0.4, 0.5) is 4.79 Å². The summed E-state index contributed by atoms with van der Waals surface area (Å²) in [5, 5.41) is -0.462. The second-order valence-corrected chi connectivity index (χ2v) is 3.05. The van der Waals surface area contributed by atoms with E-state index in [1.807, 2.05) is 0 Å². The minimum atomic E-state index is -0.462. The minimum absolute atomic E-state index is 0.404. The highest BCUT2D eigenvalue weighted by Gasteiger charge is 2.07. The third kappa shape index (κ3) is 5.59. The van der Waals surface area contributed by atoms with Crippen molar-refractivity contribution in [2.45, 2.75) is 6.42 Å². The molecule has 0 aliphatic carbocycles. The summed E-state index contributed by atoms with van der Waals surface area (Å²) < 4.78 is 0. The maximum absolute atomic E-state index is 10.6. The number of carbonyl (C=O) groups excluding carboxylic acids is 1. The number of nitrogens with zero attached hydrogens (tertiary/aromatic N) is 1. The van der Waals surface area contributed by atoms with Gasteiger partial charge in [0.15, 0.2) is 0 Å². The molecular weight excluding hydrogens is 208 g/mol. The first-order chi connectivity index (χ1) is 5.22. The largest absolute Gasteiger partial charge is 0.328 e. The first kappa shape index (κ1) is 11.3. The van der Waals surface area contributed by atoms with E-state index in [1.54, 1.807) is 0 Å². The first-order valence-corrected chi connectivity index (χ1v) is 4.73. The van der Waals surface area contributed by atoms with E-state index in [0.717, 1.165) is 6.42 Å². The van der Waals surface area contributed by atoms with Gasteiger partial charge in [0.1, 0.15) is 0 Å². The van der Waals surface area contributed by atoms with Crippen LogP contribution in [0.1, 0.15) is 6.42 Å². The van der Waals surface area contributed by atoms with Crippen LogP contribution in [0.3, 0.4) is 0 Å². The molecule has 0 heterocycles. The Labute approximate surface area is 81.4 Å². The molecule has 0 N–H and O–H groups in total. The lowest BCUT2D eigenvalue weighted by Gasteiger charge is -2.16. The zero-order valence-corrected chi connectivity index (χ0v) is 8.29. The zero-order valence-electron chi connectivity index (χ0n) is 6.02. The van der Waals surface area contributed by atoms with Crippen LogP contribution in [0, 0.1) is 0 Å². The molecule has 0 atom stereocenters. The Kier molecular flexibility index (Phi) is 7.23. The smallest absolute Gasteiger partial charge is 0.316 e. The number of rotatable bonds is 5. The molecule has 0 rings (SSSR count). The number of halogens is 3. The summed E-state index contributed by atoms with van der Waals surface area (Å²) >= 11 is 16.1. The molecule has 2 nitrogen and oxygen atoms in total. The monoisotopic (exact) mass is 217 g/mol. The molecule has 0 unspecified atom stereocenters. The number of alkyl halides is 2. The van der Waals surface area contributed by atoms with Crippen LogP contribution >= 0.6 is 34.8 Å². The second-order valence-electron chi connectivity index (χ2n) is 1.97. The van der Waals surface area contributed by atoms with Crippen LogP contribution in [-0.2, 0) is 0 Å². The molecule has 0 saturated heterocycles. The molecule has 0 saturated carbocycles. The van der Waals surface area contributed by atoms with E-state index in [4.69, 9.17) is 34.8 Å². The molecule has 0 aliphatic rings. The summed E-state index contributed by atoms with van der Waals surface area (Å²) in [5.74, 6) is 0.934. The predicted octanol–water partition coefficient (Wildman–Crippen LogP) is 2.51. The fourth-order valence-electron chi connectivity index (χ4n) is 0.640. The number of hydrogen-bond donors (Lipinski definition) is 0. The van der Waals surface area contributed by atoms with Crippen molar-refractivity contribution in [3.05, 3.63) is 0 Å². The Hall–Kier alpha value is 0.340. The Morgan fingerprint density at radius 2 is 1.82 bits per heavy atom. The van der Waals surface area contributed by atoms with Gasteiger partial charge in [-0.1, -0.05) is 0 Å². The molecule has 0 fully saturated rings. The van der Waals surface area contributed by atoms with Crippen LogP contribution in [0.2, 0.25) is 0 Å². The van der Waals surface area contributed by atoms with Crippen molar-refractivity contribution in [3.63, 3.8) is 0 Å². The van der Waals surface area contributed by atoms with Gasteiger partial charge in [-0.2, -0.15) is 0 Å². The molecule has 0 aromatic carbocycles. The van der Waals surface area contributed by atoms with Gasteiger partial charge in [0.2, 0.25) is 0 Å². The third-order valence-electron chi connectivity index (χ3n) is 1.16. The molecule has 0 aromatic rings. The van der Waals surface area contributed by atoms with E-state index in [9.17, 15) is 4.79 Å². The Balaban J connectivity index is 3.60. The lowest BCUT2D eigenvalue weighted by Crippen LogP contribution is -2.29. The van der Waals surface area contributed by atoms with Gasteiger partial charge in [-0.25, -0.2) is 0 Å². The molecule has 0 bridgehead atoms. The fraction of sp³-hybridized carbons (Fsp3) is 0.833. The number of carbonyl (C=O) groups is 1. The SMILES string of the molecule is O=C(Cl)N(CCCl)CCCCl. The average Bonchev–Trinajstić information content (AvgIpc) is 1.97. The molecule has 0 spiro atoms. The molecule has 11 heavy (non-hydrogen) atoms. The lowest BCUT2D eigenvalue weighted by molar-refractivity contribution is 0.225. The van der Waals surface area contributed by atoms with E-state index >= 15 is 0 Å². The van der Waals surface area contributed by atoms with Crippen molar-refractivity contribution in [1.29, 1.82) is 0 Å². The van der Waals surface area contributed by atoms with E-state index in [2.05, 4.69) is 0 Å². The van der Waals surface area contributed by atoms with Crippen LogP contribution in [-0.4, -0.2) is 35.1 Å². The van der Waals surface area contributed by atoms with E-state index in [1.165, 1.54) is 4.90 Å². The Morgan fingerprint density at radius 3 is 2.18 bits per heavy atom. The summed E-state index contributed by atoms with van der Waals surface area (Å²) in [6.45, 7) is 1.07. The van der Waals surface area contributed by atoms with Gasteiger partial charge < -0.3 is 4.90 Å². The second kappa shape index (κ2) is 7.01. The molecule has 0 aromatic heterocycles. The van der Waals surface area contributed by atoms with Crippen molar-refractivity contribution in [2.75, 3.05) is 24.8 Å². The molecule has 0 aliphatic heterocycles. The predicted molar refractivity (Wildman–Crippen MR) is 48.9 cm³/mol. The van der Waals surface area contributed by atoms with E-state index < -0.39 is 5.37 Å². The zero-order chi connectivity index (χ0) is 8.69. The summed E-state index contributed by atoms with van der Waals surface area (Å²) in [5.41, 5.74) is 0. The lowest BCUT2D eigenvalue weighted by atomic mass is 10.4. The topological polar surface area (TPSA) is 20.3 Å². The Morgan fingerprint density at radius 1 is 1.18 bits per heavy atom. The van der Waals surface area contributed by atoms with Crippen molar-refractivity contribution in [3.8, 4) is 0 Å². The summed E-state index contributed by atoms with van der Waals surface area (Å²) in [6.07, 6.45) is 0.747. The third-order valence-corrected chi connectivity index (χ3v) is 1.84. The maximum Gasteiger partial charge on any atom is 0.316 e. The summed E-state index contributed by atoms with van der Waals surface area (Å²) in [6, 6.07) is 0. The van der Waals surface area contributed by atoms with Crippen LogP contribution in [0.25, 0.3) is 0 Å². The quantitative estimate of drug-likeness (QED) is 0.394. The van der Waals surface area contributed by atoms with Gasteiger partial charge >= 0.3 is 5.37 Å². The van der Waals surface area contributed by atoms with Gasteiger partial charge in [0.25, 0.3) is 0 Å². The number of hydrogen-bond acceptors (Lipinski definition) is 1. The van der Waals surface area contributed by atoms with Gasteiger partial charge in [0.05, 0.1) is 0 Å². The van der Waals surface area contributed by atoms with Crippen LogP contribution in [0.5, 0.6) is 0 Å². The van der Waals surface area contributed by atoms with Crippen molar-refractivity contribution in [1.82, 2.24) is 4.90 Å². The van der Waals surface area contributed by atoms with Crippen LogP contribution in [0.15, 0.2) is 0 Å². The highest BCUT2D eigenvalue weighted by Crippen LogP contribution is 1.99. The molecular formula is C6H10Cl3NO. The standard InChI is InChI=1S/C6H10Cl3NO/c7-2-1-4-10(5-3-8)6(9)11/h1-5H2. The molecule has 0 radical (unpaired) electrons. The number of amides is 1. The minimum Gasteiger partial charge on any atom is -0.328 e. The maximum atomic E-state index is 10.6. The molecule has 5 heteroatoms. The highest BCUT2D eigenvalue weighted by molar-refractivity contribution is 6.62. The van der Waals surface area contributed by atoms with E-state index in [0.29, 0.717) is 24.8 Å². The summed E-state index contributed by atoms with van der Waals surface area (Å²) in [4.78, 5) is 12.1. The first-order valence-electron chi connectivity index (χ1n) is 3.28. The van der Waals surface area contributed by atoms with Gasteiger partial charge in [-0.05, 0) is 18.0 Å². The van der Waals surface area contributed by atoms with Gasteiger partial charge in [0, 0.05) is 24.8 Å². The fourth-order valence-corrected chi connectivity index (χ4v) is 1.13. The van der Waals surface area contributed by atoms with Gasteiger partial charge in [-0.15, -0.1) is 23.2 Å². The van der Waals surface area contributed by atoms with Crippen LogP contribution < -0.4 is 0 Å². The van der Waals surface area contributed by atoms with Crippen molar-refractivity contribution in [2.24, 2.45) is 0 Å². The van der Waals surface area contributed by atoms with Crippen molar-refractivity contribution >= 4 is 40.2 Å². The van der Waals surface area contributed by atoms with Crippen molar-refractivity contribution < 1.29 is 4.79 Å². The molecule has 66 valence electrons.